The average molecular weight is 352 g/mol. The van der Waals surface area contributed by atoms with Crippen molar-refractivity contribution in [2.24, 2.45) is 11.3 Å². The third kappa shape index (κ3) is 4.56. The molecule has 1 atom stereocenters. The van der Waals surface area contributed by atoms with Crippen molar-refractivity contribution in [2.45, 2.75) is 53.5 Å². The summed E-state index contributed by atoms with van der Waals surface area (Å²) in [6.07, 6.45) is 2.67. The molecule has 6 heteroatoms. The predicted octanol–water partition coefficient (Wildman–Crippen LogP) is 2.95. The number of aromatic nitrogens is 1. The van der Waals surface area contributed by atoms with E-state index < -0.39 is 5.41 Å². The minimum Gasteiger partial charge on any atom is -0.341 e. The number of hydrogen-bond donors (Lipinski definition) is 0. The Bertz CT molecular complexity index is 591. The molecule has 24 heavy (non-hydrogen) atoms. The van der Waals surface area contributed by atoms with E-state index in [1.807, 2.05) is 38.1 Å². The molecule has 1 aromatic rings. The smallest absolute Gasteiger partial charge is 0.227 e. The van der Waals surface area contributed by atoms with E-state index in [2.05, 4.69) is 11.9 Å². The molecular weight excluding hydrogens is 322 g/mol. The Labute approximate surface area is 149 Å². The molecule has 134 valence electrons. The Morgan fingerprint density at radius 1 is 1.42 bits per heavy atom. The zero-order valence-corrected chi connectivity index (χ0v) is 16.3. The van der Waals surface area contributed by atoms with Gasteiger partial charge in [-0.2, -0.15) is 0 Å². The number of likely N-dealkylation sites (tertiary alicyclic amines) is 1. The summed E-state index contributed by atoms with van der Waals surface area (Å²) < 4.78 is 0. The molecule has 1 aliphatic rings. The van der Waals surface area contributed by atoms with Crippen molar-refractivity contribution in [3.05, 3.63) is 16.1 Å². The Morgan fingerprint density at radius 3 is 2.71 bits per heavy atom. The van der Waals surface area contributed by atoms with Crippen LogP contribution in [0.3, 0.4) is 0 Å². The molecule has 0 saturated carbocycles. The second kappa shape index (κ2) is 7.64. The van der Waals surface area contributed by atoms with Gasteiger partial charge in [-0.15, -0.1) is 11.3 Å². The van der Waals surface area contributed by atoms with Gasteiger partial charge in [0.1, 0.15) is 0 Å². The van der Waals surface area contributed by atoms with Gasteiger partial charge in [-0.25, -0.2) is 4.98 Å². The molecule has 1 aromatic heterocycles. The van der Waals surface area contributed by atoms with Gasteiger partial charge < -0.3 is 9.80 Å². The quantitative estimate of drug-likeness (QED) is 0.838. The van der Waals surface area contributed by atoms with Gasteiger partial charge in [0, 0.05) is 30.9 Å². The maximum absolute atomic E-state index is 12.8. The number of carbonyl (C=O) groups excluding carboxylic acids is 2. The number of nitrogens with zero attached hydrogens (tertiary/aromatic N) is 3. The van der Waals surface area contributed by atoms with Crippen LogP contribution < -0.4 is 0 Å². The monoisotopic (exact) mass is 351 g/mol. The van der Waals surface area contributed by atoms with Gasteiger partial charge in [-0.3, -0.25) is 9.59 Å². The first-order valence-electron chi connectivity index (χ1n) is 8.70. The molecule has 2 amide bonds. The largest absolute Gasteiger partial charge is 0.341 e. The van der Waals surface area contributed by atoms with Gasteiger partial charge in [0.15, 0.2) is 0 Å². The predicted molar refractivity (Wildman–Crippen MR) is 96.7 cm³/mol. The van der Waals surface area contributed by atoms with E-state index in [1.165, 1.54) is 0 Å². The molecule has 0 bridgehead atoms. The number of carbonyl (C=O) groups is 2. The van der Waals surface area contributed by atoms with Crippen LogP contribution in [-0.4, -0.2) is 46.7 Å². The first-order chi connectivity index (χ1) is 11.2. The molecule has 2 rings (SSSR count). The van der Waals surface area contributed by atoms with Crippen molar-refractivity contribution in [1.29, 1.82) is 0 Å². The number of aryl methyl sites for hydroxylation is 1. The second-order valence-electron chi connectivity index (χ2n) is 7.62. The van der Waals surface area contributed by atoms with E-state index in [1.54, 1.807) is 16.2 Å². The van der Waals surface area contributed by atoms with Gasteiger partial charge in [0.25, 0.3) is 0 Å². The summed E-state index contributed by atoms with van der Waals surface area (Å²) in [5.74, 6) is 0.154. The highest BCUT2D eigenvalue weighted by Gasteiger charge is 2.34. The average Bonchev–Trinajstić information content (AvgIpc) is 3.00. The van der Waals surface area contributed by atoms with Crippen molar-refractivity contribution in [3.8, 4) is 0 Å². The molecule has 0 spiro atoms. The van der Waals surface area contributed by atoms with Gasteiger partial charge in [-0.1, -0.05) is 27.7 Å². The number of hydrogen-bond acceptors (Lipinski definition) is 4. The second-order valence-corrected chi connectivity index (χ2v) is 8.56. The van der Waals surface area contributed by atoms with Crippen molar-refractivity contribution in [1.82, 2.24) is 14.8 Å². The number of thiazole rings is 1. The first-order valence-corrected chi connectivity index (χ1v) is 9.58. The van der Waals surface area contributed by atoms with Gasteiger partial charge >= 0.3 is 0 Å². The van der Waals surface area contributed by atoms with Crippen molar-refractivity contribution in [2.75, 3.05) is 20.1 Å². The lowest BCUT2D eigenvalue weighted by Crippen LogP contribution is -2.48. The molecule has 1 aliphatic heterocycles. The fourth-order valence-electron chi connectivity index (χ4n) is 3.05. The SMILES string of the molecule is CCc1nc(CN(C)C(=O)C2CCCN(C(=O)C(C)(C)C)C2)cs1. The lowest BCUT2D eigenvalue weighted by molar-refractivity contribution is -0.145. The Hall–Kier alpha value is -1.43. The molecule has 0 radical (unpaired) electrons. The molecule has 0 aromatic carbocycles. The summed E-state index contributed by atoms with van der Waals surface area (Å²) in [7, 11) is 1.83. The van der Waals surface area contributed by atoms with E-state index in [9.17, 15) is 9.59 Å². The third-order valence-corrected chi connectivity index (χ3v) is 5.42. The molecule has 0 aliphatic carbocycles. The van der Waals surface area contributed by atoms with Crippen LogP contribution in [0.2, 0.25) is 0 Å². The van der Waals surface area contributed by atoms with E-state index in [-0.39, 0.29) is 17.7 Å². The fraction of sp³-hybridized carbons (Fsp3) is 0.722. The van der Waals surface area contributed by atoms with Crippen LogP contribution in [-0.2, 0) is 22.6 Å². The summed E-state index contributed by atoms with van der Waals surface area (Å²) >= 11 is 1.64. The summed E-state index contributed by atoms with van der Waals surface area (Å²) in [4.78, 5) is 33.4. The molecular formula is C18H29N3O2S. The topological polar surface area (TPSA) is 53.5 Å². The minimum atomic E-state index is -0.395. The third-order valence-electron chi connectivity index (χ3n) is 4.38. The summed E-state index contributed by atoms with van der Waals surface area (Å²) in [6, 6.07) is 0. The Balaban J connectivity index is 1.96. The van der Waals surface area contributed by atoms with Crippen LogP contribution in [0, 0.1) is 11.3 Å². The molecule has 5 nitrogen and oxygen atoms in total. The maximum atomic E-state index is 12.8. The summed E-state index contributed by atoms with van der Waals surface area (Å²) in [5.41, 5.74) is 0.555. The lowest BCUT2D eigenvalue weighted by Gasteiger charge is -2.37. The molecule has 1 fully saturated rings. The zero-order valence-electron chi connectivity index (χ0n) is 15.5. The Kier molecular flexibility index (Phi) is 6.01. The summed E-state index contributed by atoms with van der Waals surface area (Å²) in [6.45, 7) is 9.72. The highest BCUT2D eigenvalue weighted by molar-refractivity contribution is 7.09. The maximum Gasteiger partial charge on any atom is 0.227 e. The molecule has 0 N–H and O–H groups in total. The normalized spacial score (nSPS) is 18.5. The molecule has 2 heterocycles. The van der Waals surface area contributed by atoms with Crippen molar-refractivity contribution < 1.29 is 9.59 Å². The van der Waals surface area contributed by atoms with E-state index >= 15 is 0 Å². The van der Waals surface area contributed by atoms with Crippen LogP contribution in [0.1, 0.15) is 51.2 Å². The molecule has 1 unspecified atom stereocenters. The van der Waals surface area contributed by atoms with Gasteiger partial charge in [0.2, 0.25) is 11.8 Å². The molecule has 1 saturated heterocycles. The van der Waals surface area contributed by atoms with E-state index in [4.69, 9.17) is 0 Å². The van der Waals surface area contributed by atoms with Gasteiger partial charge in [-0.05, 0) is 19.3 Å². The summed E-state index contributed by atoms with van der Waals surface area (Å²) in [5, 5.41) is 3.13. The van der Waals surface area contributed by atoms with Crippen LogP contribution in [0.5, 0.6) is 0 Å². The van der Waals surface area contributed by atoms with Crippen LogP contribution in [0.4, 0.5) is 0 Å². The van der Waals surface area contributed by atoms with E-state index in [0.29, 0.717) is 13.1 Å². The lowest BCUT2D eigenvalue weighted by atomic mass is 9.90. The zero-order chi connectivity index (χ0) is 17.9. The number of rotatable bonds is 4. The van der Waals surface area contributed by atoms with Crippen molar-refractivity contribution in [3.63, 3.8) is 0 Å². The number of piperidine rings is 1. The Morgan fingerprint density at radius 2 is 2.12 bits per heavy atom. The van der Waals surface area contributed by atoms with E-state index in [0.717, 1.165) is 36.5 Å². The minimum absolute atomic E-state index is 0.0978. The van der Waals surface area contributed by atoms with Crippen LogP contribution in [0.15, 0.2) is 5.38 Å². The van der Waals surface area contributed by atoms with Crippen LogP contribution in [0.25, 0.3) is 0 Å². The van der Waals surface area contributed by atoms with Crippen LogP contribution >= 0.6 is 11.3 Å². The highest BCUT2D eigenvalue weighted by Crippen LogP contribution is 2.25. The number of amides is 2. The van der Waals surface area contributed by atoms with Crippen molar-refractivity contribution >= 4 is 23.2 Å². The van der Waals surface area contributed by atoms with Gasteiger partial charge in [0.05, 0.1) is 23.2 Å². The standard InChI is InChI=1S/C18H29N3O2S/c1-6-15-19-14(12-24-15)11-20(5)16(22)13-8-7-9-21(10-13)17(23)18(2,3)4/h12-13H,6-11H2,1-5H3. The first kappa shape index (κ1) is 18.9. The fourth-order valence-corrected chi connectivity index (χ4v) is 3.79. The highest BCUT2D eigenvalue weighted by atomic mass is 32.1.